The Morgan fingerprint density at radius 3 is 2.56 bits per heavy atom. The summed E-state index contributed by atoms with van der Waals surface area (Å²) in [5, 5.41) is 8.68. The third-order valence-corrected chi connectivity index (χ3v) is 2.09. The van der Waals surface area contributed by atoms with E-state index in [1.807, 2.05) is 0 Å². The maximum absolute atomic E-state index is 11.9. The highest BCUT2D eigenvalue weighted by atomic mass is 35.5. The fourth-order valence-electron chi connectivity index (χ4n) is 0.717. The zero-order chi connectivity index (χ0) is 11.5. The fraction of sp³-hybridized carbons (Fsp3) is 0.500. The maximum Gasteiger partial charge on any atom is 0.395 e. The zero-order valence-electron chi connectivity index (χ0n) is 7.74. The van der Waals surface area contributed by atoms with Crippen molar-refractivity contribution in [3.63, 3.8) is 0 Å². The summed E-state index contributed by atoms with van der Waals surface area (Å²) in [6, 6.07) is 0. The van der Waals surface area contributed by atoms with Crippen LogP contribution < -0.4 is 11.1 Å². The van der Waals surface area contributed by atoms with Crippen LogP contribution in [0.3, 0.4) is 0 Å². The van der Waals surface area contributed by atoms with Crippen LogP contribution in [0.1, 0.15) is 5.01 Å². The summed E-state index contributed by atoms with van der Waals surface area (Å²) in [4.78, 5) is 10.8. The van der Waals surface area contributed by atoms with Crippen molar-refractivity contribution in [2.45, 2.75) is 12.6 Å². The fourth-order valence-corrected chi connectivity index (χ4v) is 1.50. The van der Waals surface area contributed by atoms with Crippen LogP contribution >= 0.6 is 23.7 Å². The highest BCUT2D eigenvalue weighted by molar-refractivity contribution is 7.15. The molecule has 10 heteroatoms. The van der Waals surface area contributed by atoms with Gasteiger partial charge in [0.1, 0.15) is 5.01 Å². The summed E-state index contributed by atoms with van der Waals surface area (Å²) in [6.07, 6.45) is -5.47. The van der Waals surface area contributed by atoms with E-state index in [4.69, 9.17) is 5.73 Å². The quantitative estimate of drug-likeness (QED) is 0.862. The van der Waals surface area contributed by atoms with Gasteiger partial charge in [-0.15, -0.1) is 22.6 Å². The number of nitrogens with one attached hydrogen (secondary N) is 1. The molecular formula is C6H8ClF3N4OS. The molecule has 0 saturated heterocycles. The molecule has 0 saturated carbocycles. The number of carbonyl (C=O) groups excluding carboxylic acids is 1. The Labute approximate surface area is 98.6 Å². The summed E-state index contributed by atoms with van der Waals surface area (Å²) in [5.41, 5.74) is 4.99. The van der Waals surface area contributed by atoms with Crippen molar-refractivity contribution < 1.29 is 18.0 Å². The molecule has 0 atom stereocenters. The molecule has 0 radical (unpaired) electrons. The van der Waals surface area contributed by atoms with Crippen LogP contribution in [0.2, 0.25) is 0 Å². The summed E-state index contributed by atoms with van der Waals surface area (Å²) >= 11 is 0.674. The van der Waals surface area contributed by atoms with Crippen molar-refractivity contribution in [2.24, 2.45) is 5.73 Å². The minimum atomic E-state index is -4.32. The van der Waals surface area contributed by atoms with Gasteiger partial charge >= 0.3 is 6.18 Å². The highest BCUT2D eigenvalue weighted by Gasteiger charge is 2.29. The van der Waals surface area contributed by atoms with Gasteiger partial charge in [-0.3, -0.25) is 10.1 Å². The molecule has 0 fully saturated rings. The first-order valence-corrected chi connectivity index (χ1v) is 4.61. The number of anilines is 1. The van der Waals surface area contributed by atoms with Crippen molar-refractivity contribution in [3.8, 4) is 0 Å². The summed E-state index contributed by atoms with van der Waals surface area (Å²) in [5.74, 6) is -0.523. The van der Waals surface area contributed by atoms with Gasteiger partial charge < -0.3 is 5.73 Å². The number of halogens is 4. The van der Waals surface area contributed by atoms with E-state index in [-0.39, 0.29) is 29.1 Å². The third kappa shape index (κ3) is 5.24. The number of hydrogen-bond acceptors (Lipinski definition) is 5. The minimum absolute atomic E-state index is 0. The van der Waals surface area contributed by atoms with Gasteiger partial charge in [0.15, 0.2) is 0 Å². The Morgan fingerprint density at radius 1 is 1.44 bits per heavy atom. The average Bonchev–Trinajstić information content (AvgIpc) is 2.49. The highest BCUT2D eigenvalue weighted by Crippen LogP contribution is 2.24. The van der Waals surface area contributed by atoms with Crippen LogP contribution in [-0.2, 0) is 11.2 Å². The molecule has 1 aromatic rings. The topological polar surface area (TPSA) is 80.9 Å². The molecule has 0 spiro atoms. The molecule has 1 rings (SSSR count). The van der Waals surface area contributed by atoms with Crippen molar-refractivity contribution >= 4 is 34.8 Å². The Hall–Kier alpha value is -0.930. The van der Waals surface area contributed by atoms with Gasteiger partial charge in [0.25, 0.3) is 0 Å². The lowest BCUT2D eigenvalue weighted by atomic mass is 10.4. The SMILES string of the molecule is Cl.NCC(=O)Nc1nnc(CC(F)(F)F)s1. The Bertz CT molecular complexity index is 356. The van der Waals surface area contributed by atoms with Gasteiger partial charge in [-0.05, 0) is 0 Å². The van der Waals surface area contributed by atoms with Crippen molar-refractivity contribution in [3.05, 3.63) is 5.01 Å². The molecule has 0 aliphatic carbocycles. The van der Waals surface area contributed by atoms with Crippen molar-refractivity contribution in [1.82, 2.24) is 10.2 Å². The normalized spacial score (nSPS) is 10.8. The monoisotopic (exact) mass is 276 g/mol. The molecule has 5 nitrogen and oxygen atoms in total. The number of hydrogen-bond donors (Lipinski definition) is 2. The molecule has 16 heavy (non-hydrogen) atoms. The van der Waals surface area contributed by atoms with Crippen LogP contribution in [0.5, 0.6) is 0 Å². The van der Waals surface area contributed by atoms with E-state index in [0.29, 0.717) is 11.3 Å². The van der Waals surface area contributed by atoms with Crippen LogP contribution in [0, 0.1) is 0 Å². The lowest BCUT2D eigenvalue weighted by molar-refractivity contribution is -0.127. The van der Waals surface area contributed by atoms with Crippen LogP contribution in [0.25, 0.3) is 0 Å². The smallest absolute Gasteiger partial charge is 0.322 e. The van der Waals surface area contributed by atoms with E-state index >= 15 is 0 Å². The van der Waals surface area contributed by atoms with E-state index in [2.05, 4.69) is 15.5 Å². The summed E-state index contributed by atoms with van der Waals surface area (Å²) in [6.45, 7) is -0.256. The second kappa shape index (κ2) is 5.97. The molecule has 3 N–H and O–H groups in total. The predicted octanol–water partition coefficient (Wildman–Crippen LogP) is 0.962. The van der Waals surface area contributed by atoms with Gasteiger partial charge in [-0.2, -0.15) is 13.2 Å². The van der Waals surface area contributed by atoms with E-state index in [1.54, 1.807) is 0 Å². The first-order valence-electron chi connectivity index (χ1n) is 3.80. The molecule has 1 amide bonds. The molecule has 1 heterocycles. The molecule has 0 aromatic carbocycles. The number of rotatable bonds is 3. The van der Waals surface area contributed by atoms with Gasteiger partial charge in [0, 0.05) is 0 Å². The molecule has 0 bridgehead atoms. The van der Waals surface area contributed by atoms with Crippen molar-refractivity contribution in [1.29, 1.82) is 0 Å². The Balaban J connectivity index is 0.00000225. The number of aromatic nitrogens is 2. The zero-order valence-corrected chi connectivity index (χ0v) is 9.38. The lowest BCUT2D eigenvalue weighted by Crippen LogP contribution is -2.21. The molecule has 0 aliphatic heterocycles. The summed E-state index contributed by atoms with van der Waals surface area (Å²) < 4.78 is 35.7. The second-order valence-electron chi connectivity index (χ2n) is 2.55. The average molecular weight is 277 g/mol. The van der Waals surface area contributed by atoms with Crippen molar-refractivity contribution in [2.75, 3.05) is 11.9 Å². The first-order chi connectivity index (χ1) is 6.90. The standard InChI is InChI=1S/C6H7F3N4OS.ClH/c7-6(8,9)1-4-12-13-5(15-4)11-3(14)2-10;/h1-2,10H2,(H,11,13,14);1H. The molecule has 92 valence electrons. The maximum atomic E-state index is 11.9. The first kappa shape index (κ1) is 15.1. The molecular weight excluding hydrogens is 269 g/mol. The van der Waals surface area contributed by atoms with Gasteiger partial charge in [-0.25, -0.2) is 0 Å². The number of nitrogens with zero attached hydrogens (tertiary/aromatic N) is 2. The Morgan fingerprint density at radius 2 is 2.06 bits per heavy atom. The minimum Gasteiger partial charge on any atom is -0.322 e. The van der Waals surface area contributed by atoms with Gasteiger partial charge in [-0.1, -0.05) is 11.3 Å². The van der Waals surface area contributed by atoms with Gasteiger partial charge in [0.05, 0.1) is 13.0 Å². The van der Waals surface area contributed by atoms with Gasteiger partial charge in [0.2, 0.25) is 11.0 Å². The number of alkyl halides is 3. The van der Waals surface area contributed by atoms with Crippen LogP contribution in [0.15, 0.2) is 0 Å². The molecule has 0 unspecified atom stereocenters. The molecule has 1 aromatic heterocycles. The lowest BCUT2D eigenvalue weighted by Gasteiger charge is -2.00. The number of carbonyl (C=O) groups is 1. The van der Waals surface area contributed by atoms with Crippen LogP contribution in [-0.4, -0.2) is 28.8 Å². The molecule has 0 aliphatic rings. The van der Waals surface area contributed by atoms with E-state index < -0.39 is 18.5 Å². The summed E-state index contributed by atoms with van der Waals surface area (Å²) in [7, 11) is 0. The second-order valence-corrected chi connectivity index (χ2v) is 3.61. The number of amides is 1. The Kier molecular flexibility index (Phi) is 5.62. The third-order valence-electron chi connectivity index (χ3n) is 1.25. The van der Waals surface area contributed by atoms with E-state index in [1.165, 1.54) is 0 Å². The van der Waals surface area contributed by atoms with E-state index in [0.717, 1.165) is 0 Å². The number of nitrogens with two attached hydrogens (primary N) is 1. The van der Waals surface area contributed by atoms with E-state index in [9.17, 15) is 18.0 Å². The largest absolute Gasteiger partial charge is 0.395 e. The predicted molar refractivity (Wildman–Crippen MR) is 54.6 cm³/mol. The van der Waals surface area contributed by atoms with Crippen LogP contribution in [0.4, 0.5) is 18.3 Å².